The first-order valence-corrected chi connectivity index (χ1v) is 9.22. The number of aromatic amines is 1. The van der Waals surface area contributed by atoms with Gasteiger partial charge in [0.2, 0.25) is 0 Å². The monoisotopic (exact) mass is 343 g/mol. The van der Waals surface area contributed by atoms with Crippen molar-refractivity contribution in [2.24, 2.45) is 0 Å². The first kappa shape index (κ1) is 16.2. The highest BCUT2D eigenvalue weighted by Gasteiger charge is 2.15. The number of nitrogens with zero attached hydrogens (tertiary/aromatic N) is 1. The van der Waals surface area contributed by atoms with E-state index in [1.165, 1.54) is 0 Å². The van der Waals surface area contributed by atoms with Crippen molar-refractivity contribution in [1.29, 1.82) is 0 Å². The van der Waals surface area contributed by atoms with E-state index in [2.05, 4.69) is 15.5 Å². The number of carbonyl (C=O) groups is 1. The summed E-state index contributed by atoms with van der Waals surface area (Å²) in [5.41, 5.74) is 1.10. The molecular formula is C17H17N3O3S. The molecule has 0 aliphatic rings. The summed E-state index contributed by atoms with van der Waals surface area (Å²) in [6, 6.07) is 15.6. The van der Waals surface area contributed by atoms with Crippen molar-refractivity contribution in [2.75, 3.05) is 12.3 Å². The van der Waals surface area contributed by atoms with Crippen molar-refractivity contribution in [3.8, 4) is 0 Å². The van der Waals surface area contributed by atoms with E-state index < -0.39 is 9.84 Å². The summed E-state index contributed by atoms with van der Waals surface area (Å²) in [6.45, 7) is 0.270. The fraction of sp³-hybridized carbons (Fsp3) is 0.176. The van der Waals surface area contributed by atoms with E-state index in [4.69, 9.17) is 0 Å². The molecule has 24 heavy (non-hydrogen) atoms. The smallest absolute Gasteiger partial charge is 0.272 e. The number of nitrogens with one attached hydrogen (secondary N) is 2. The average Bonchev–Trinajstić information content (AvgIpc) is 3.03. The highest BCUT2D eigenvalue weighted by Crippen LogP contribution is 2.15. The highest BCUT2D eigenvalue weighted by molar-refractivity contribution is 7.91. The van der Waals surface area contributed by atoms with Crippen molar-refractivity contribution < 1.29 is 13.2 Å². The minimum Gasteiger partial charge on any atom is -0.351 e. The summed E-state index contributed by atoms with van der Waals surface area (Å²) in [6.07, 6.45) is 0.339. The zero-order chi connectivity index (χ0) is 17.0. The van der Waals surface area contributed by atoms with Gasteiger partial charge in [0, 0.05) is 11.9 Å². The van der Waals surface area contributed by atoms with E-state index in [-0.39, 0.29) is 18.2 Å². The molecule has 0 bridgehead atoms. The zero-order valence-electron chi connectivity index (χ0n) is 12.9. The average molecular weight is 343 g/mol. The minimum atomic E-state index is -3.32. The molecule has 0 unspecified atom stereocenters. The molecule has 0 fully saturated rings. The molecule has 1 aromatic heterocycles. The normalized spacial score (nSPS) is 11.5. The van der Waals surface area contributed by atoms with Gasteiger partial charge in [-0.3, -0.25) is 9.89 Å². The predicted molar refractivity (Wildman–Crippen MR) is 91.5 cm³/mol. The SMILES string of the molecule is O=C(NCCCS(=O)(=O)c1ccccc1)c1n[nH]c2ccccc12. The van der Waals surface area contributed by atoms with Crippen LogP contribution in [-0.4, -0.2) is 36.8 Å². The lowest BCUT2D eigenvalue weighted by molar-refractivity contribution is 0.0950. The zero-order valence-corrected chi connectivity index (χ0v) is 13.7. The second kappa shape index (κ2) is 6.84. The molecule has 1 amide bonds. The Balaban J connectivity index is 1.56. The summed E-state index contributed by atoms with van der Waals surface area (Å²) in [4.78, 5) is 12.5. The molecule has 7 heteroatoms. The van der Waals surface area contributed by atoms with Gasteiger partial charge in [0.1, 0.15) is 0 Å². The molecule has 0 aliphatic heterocycles. The Kier molecular flexibility index (Phi) is 4.61. The largest absolute Gasteiger partial charge is 0.351 e. The van der Waals surface area contributed by atoms with Crippen LogP contribution in [-0.2, 0) is 9.84 Å². The Labute approximate surface area is 139 Å². The van der Waals surface area contributed by atoms with Crippen LogP contribution in [0.15, 0.2) is 59.5 Å². The Morgan fingerprint density at radius 3 is 2.54 bits per heavy atom. The van der Waals surface area contributed by atoms with Crippen molar-refractivity contribution in [3.05, 3.63) is 60.3 Å². The number of sulfone groups is 1. The van der Waals surface area contributed by atoms with Crippen LogP contribution in [0.1, 0.15) is 16.9 Å². The summed E-state index contributed by atoms with van der Waals surface area (Å²) < 4.78 is 24.3. The topological polar surface area (TPSA) is 91.9 Å². The number of benzene rings is 2. The molecule has 0 radical (unpaired) electrons. The lowest BCUT2D eigenvalue weighted by Crippen LogP contribution is -2.26. The van der Waals surface area contributed by atoms with E-state index in [1.807, 2.05) is 24.3 Å². The fourth-order valence-electron chi connectivity index (χ4n) is 2.43. The van der Waals surface area contributed by atoms with Crippen LogP contribution in [0.4, 0.5) is 0 Å². The molecule has 0 atom stereocenters. The van der Waals surface area contributed by atoms with Crippen LogP contribution in [0.5, 0.6) is 0 Å². The number of carbonyl (C=O) groups excluding carboxylic acids is 1. The lowest BCUT2D eigenvalue weighted by Gasteiger charge is -2.05. The van der Waals surface area contributed by atoms with E-state index in [0.29, 0.717) is 17.0 Å². The molecule has 124 valence electrons. The van der Waals surface area contributed by atoms with E-state index >= 15 is 0 Å². The van der Waals surface area contributed by atoms with E-state index in [0.717, 1.165) is 10.9 Å². The van der Waals surface area contributed by atoms with Gasteiger partial charge in [-0.2, -0.15) is 5.10 Å². The molecule has 2 aromatic carbocycles. The molecule has 6 nitrogen and oxygen atoms in total. The van der Waals surface area contributed by atoms with Crippen molar-refractivity contribution in [1.82, 2.24) is 15.5 Å². The lowest BCUT2D eigenvalue weighted by atomic mass is 10.2. The summed E-state index contributed by atoms with van der Waals surface area (Å²) in [5, 5.41) is 10.3. The molecular weight excluding hydrogens is 326 g/mol. The van der Waals surface area contributed by atoms with Crippen molar-refractivity contribution >= 4 is 26.6 Å². The van der Waals surface area contributed by atoms with Gasteiger partial charge in [0.15, 0.2) is 15.5 Å². The van der Waals surface area contributed by atoms with E-state index in [9.17, 15) is 13.2 Å². The van der Waals surface area contributed by atoms with Crippen LogP contribution in [0.25, 0.3) is 10.9 Å². The van der Waals surface area contributed by atoms with Gasteiger partial charge in [-0.1, -0.05) is 36.4 Å². The molecule has 0 saturated carbocycles. The number of fused-ring (bicyclic) bond motifs is 1. The molecule has 3 rings (SSSR count). The molecule has 1 heterocycles. The predicted octanol–water partition coefficient (Wildman–Crippen LogP) is 2.16. The third kappa shape index (κ3) is 3.46. The maximum atomic E-state index is 12.2. The quantitative estimate of drug-likeness (QED) is 0.671. The first-order chi connectivity index (χ1) is 11.6. The molecule has 0 spiro atoms. The number of aromatic nitrogens is 2. The Morgan fingerprint density at radius 1 is 1.04 bits per heavy atom. The molecule has 0 saturated heterocycles. The van der Waals surface area contributed by atoms with Crippen molar-refractivity contribution in [3.63, 3.8) is 0 Å². The summed E-state index contributed by atoms with van der Waals surface area (Å²) in [5.74, 6) is -0.330. The number of amides is 1. The van der Waals surface area contributed by atoms with Gasteiger partial charge >= 0.3 is 0 Å². The van der Waals surface area contributed by atoms with E-state index in [1.54, 1.807) is 30.3 Å². The molecule has 2 N–H and O–H groups in total. The maximum Gasteiger partial charge on any atom is 0.272 e. The van der Waals surface area contributed by atoms with Crippen LogP contribution in [0.2, 0.25) is 0 Å². The Morgan fingerprint density at radius 2 is 1.75 bits per heavy atom. The van der Waals surface area contributed by atoms with Gasteiger partial charge in [0.05, 0.1) is 16.2 Å². The number of rotatable bonds is 6. The van der Waals surface area contributed by atoms with Gasteiger partial charge in [-0.25, -0.2) is 8.42 Å². The number of H-pyrrole nitrogens is 1. The van der Waals surface area contributed by atoms with Gasteiger partial charge in [0.25, 0.3) is 5.91 Å². The first-order valence-electron chi connectivity index (χ1n) is 7.57. The van der Waals surface area contributed by atoms with Gasteiger partial charge in [-0.05, 0) is 24.6 Å². The summed E-state index contributed by atoms with van der Waals surface area (Å²) in [7, 11) is -3.32. The molecule has 0 aliphatic carbocycles. The highest BCUT2D eigenvalue weighted by atomic mass is 32.2. The second-order valence-electron chi connectivity index (χ2n) is 5.36. The van der Waals surface area contributed by atoms with Gasteiger partial charge in [-0.15, -0.1) is 0 Å². The number of hydrogen-bond donors (Lipinski definition) is 2. The van der Waals surface area contributed by atoms with Crippen molar-refractivity contribution in [2.45, 2.75) is 11.3 Å². The van der Waals surface area contributed by atoms with Crippen LogP contribution >= 0.6 is 0 Å². The van der Waals surface area contributed by atoms with Gasteiger partial charge < -0.3 is 5.32 Å². The Bertz CT molecular complexity index is 949. The van der Waals surface area contributed by atoms with Crippen LogP contribution < -0.4 is 5.32 Å². The molecule has 3 aromatic rings. The third-order valence-corrected chi connectivity index (χ3v) is 5.48. The fourth-order valence-corrected chi connectivity index (χ4v) is 3.76. The Hall–Kier alpha value is -2.67. The van der Waals surface area contributed by atoms with Crippen LogP contribution in [0.3, 0.4) is 0 Å². The number of hydrogen-bond acceptors (Lipinski definition) is 4. The number of para-hydroxylation sites is 1. The standard InChI is InChI=1S/C17H17N3O3S/c21-17(16-14-9-4-5-10-15(14)19-20-16)18-11-6-12-24(22,23)13-7-2-1-3-8-13/h1-5,7-10H,6,11-12H2,(H,18,21)(H,19,20). The second-order valence-corrected chi connectivity index (χ2v) is 7.47. The summed E-state index contributed by atoms with van der Waals surface area (Å²) >= 11 is 0. The minimum absolute atomic E-state index is 0.0153. The van der Waals surface area contributed by atoms with Crippen LogP contribution in [0, 0.1) is 0 Å². The third-order valence-electron chi connectivity index (χ3n) is 3.66. The maximum absolute atomic E-state index is 12.2.